The third kappa shape index (κ3) is 2.62. The summed E-state index contributed by atoms with van der Waals surface area (Å²) in [6.45, 7) is 0.0945. The lowest BCUT2D eigenvalue weighted by Gasteiger charge is -2.00. The largest absolute Gasteiger partial charge is 0.481 e. The molecular formula is C12H11ClN2O3. The number of carbonyl (C=O) groups excluding carboxylic acids is 1. The van der Waals surface area contributed by atoms with Gasteiger partial charge >= 0.3 is 5.97 Å². The van der Waals surface area contributed by atoms with E-state index in [0.717, 1.165) is 5.39 Å². The Morgan fingerprint density at radius 2 is 2.17 bits per heavy atom. The van der Waals surface area contributed by atoms with Crippen LogP contribution in [0.1, 0.15) is 16.9 Å². The predicted octanol–water partition coefficient (Wildman–Crippen LogP) is 2.03. The van der Waals surface area contributed by atoms with Gasteiger partial charge in [-0.05, 0) is 12.1 Å². The van der Waals surface area contributed by atoms with E-state index in [1.165, 1.54) is 0 Å². The van der Waals surface area contributed by atoms with Crippen molar-refractivity contribution in [2.45, 2.75) is 6.42 Å². The highest BCUT2D eigenvalue weighted by Crippen LogP contribution is 2.23. The van der Waals surface area contributed by atoms with Crippen LogP contribution in [-0.4, -0.2) is 28.5 Å². The summed E-state index contributed by atoms with van der Waals surface area (Å²) in [5, 5.41) is 12.4. The average molecular weight is 267 g/mol. The van der Waals surface area contributed by atoms with E-state index < -0.39 is 5.97 Å². The molecule has 0 fully saturated rings. The maximum atomic E-state index is 11.7. The van der Waals surface area contributed by atoms with Crippen LogP contribution >= 0.6 is 11.6 Å². The smallest absolute Gasteiger partial charge is 0.305 e. The number of aromatic nitrogens is 1. The molecule has 2 rings (SSSR count). The molecule has 2 aromatic rings. The van der Waals surface area contributed by atoms with Crippen molar-refractivity contribution in [3.05, 3.63) is 35.0 Å². The van der Waals surface area contributed by atoms with Crippen LogP contribution in [0.15, 0.2) is 24.3 Å². The van der Waals surface area contributed by atoms with E-state index in [4.69, 9.17) is 16.7 Å². The number of hydrogen-bond acceptors (Lipinski definition) is 2. The fourth-order valence-corrected chi connectivity index (χ4v) is 1.85. The molecular weight excluding hydrogens is 256 g/mol. The molecule has 5 nitrogen and oxygen atoms in total. The van der Waals surface area contributed by atoms with E-state index in [-0.39, 0.29) is 18.9 Å². The number of nitrogens with one attached hydrogen (secondary N) is 2. The molecule has 0 aliphatic carbocycles. The van der Waals surface area contributed by atoms with Gasteiger partial charge in [-0.25, -0.2) is 0 Å². The Morgan fingerprint density at radius 3 is 2.83 bits per heavy atom. The van der Waals surface area contributed by atoms with Crippen LogP contribution in [0.25, 0.3) is 10.9 Å². The van der Waals surface area contributed by atoms with Crippen LogP contribution in [0.4, 0.5) is 0 Å². The molecule has 94 valence electrons. The Bertz CT molecular complexity index is 606. The molecule has 0 saturated heterocycles. The summed E-state index contributed by atoms with van der Waals surface area (Å²) in [6, 6.07) is 7.04. The second kappa shape index (κ2) is 5.10. The summed E-state index contributed by atoms with van der Waals surface area (Å²) in [4.78, 5) is 25.0. The zero-order valence-electron chi connectivity index (χ0n) is 9.37. The van der Waals surface area contributed by atoms with Crippen molar-refractivity contribution < 1.29 is 14.7 Å². The van der Waals surface area contributed by atoms with Gasteiger partial charge in [0.1, 0.15) is 5.69 Å². The summed E-state index contributed by atoms with van der Waals surface area (Å²) in [7, 11) is 0. The summed E-state index contributed by atoms with van der Waals surface area (Å²) < 4.78 is 0. The number of amides is 1. The minimum Gasteiger partial charge on any atom is -0.481 e. The number of aromatic amines is 1. The predicted molar refractivity (Wildman–Crippen MR) is 67.9 cm³/mol. The van der Waals surface area contributed by atoms with Gasteiger partial charge in [0.2, 0.25) is 0 Å². The molecule has 18 heavy (non-hydrogen) atoms. The first kappa shape index (κ1) is 12.4. The van der Waals surface area contributed by atoms with Crippen molar-refractivity contribution in [1.82, 2.24) is 10.3 Å². The lowest BCUT2D eigenvalue weighted by Crippen LogP contribution is -2.26. The van der Waals surface area contributed by atoms with Crippen molar-refractivity contribution >= 4 is 34.4 Å². The number of fused-ring (bicyclic) bond motifs is 1. The highest BCUT2D eigenvalue weighted by atomic mass is 35.5. The van der Waals surface area contributed by atoms with Crippen molar-refractivity contribution in [2.75, 3.05) is 6.54 Å². The van der Waals surface area contributed by atoms with E-state index in [2.05, 4.69) is 10.3 Å². The van der Waals surface area contributed by atoms with Crippen LogP contribution in [0.2, 0.25) is 5.02 Å². The number of carboxylic acids is 1. The molecule has 0 aliphatic heterocycles. The number of H-pyrrole nitrogens is 1. The summed E-state index contributed by atoms with van der Waals surface area (Å²) >= 11 is 5.98. The first-order chi connectivity index (χ1) is 8.58. The van der Waals surface area contributed by atoms with Crippen LogP contribution < -0.4 is 5.32 Å². The fourth-order valence-electron chi connectivity index (χ4n) is 1.62. The third-order valence-corrected chi connectivity index (χ3v) is 2.79. The maximum absolute atomic E-state index is 11.7. The van der Waals surface area contributed by atoms with Gasteiger partial charge in [0.05, 0.1) is 17.0 Å². The number of carboxylic acid groups (broad SMARTS) is 1. The molecule has 0 aliphatic rings. The molecule has 1 aromatic carbocycles. The molecule has 0 saturated carbocycles. The van der Waals surface area contributed by atoms with Crippen LogP contribution in [0.5, 0.6) is 0 Å². The zero-order valence-corrected chi connectivity index (χ0v) is 10.1. The molecule has 1 heterocycles. The van der Waals surface area contributed by atoms with Gasteiger partial charge in [-0.1, -0.05) is 23.7 Å². The molecule has 0 unspecified atom stereocenters. The van der Waals surface area contributed by atoms with Crippen LogP contribution in [-0.2, 0) is 4.79 Å². The standard InChI is InChI=1S/C12H11ClN2O3/c13-8-3-1-2-7-6-9(15-11(7)8)12(18)14-5-4-10(16)17/h1-3,6,15H,4-5H2,(H,14,18)(H,16,17). The summed E-state index contributed by atoms with van der Waals surface area (Å²) in [5.41, 5.74) is 1.06. The number of halogens is 1. The average Bonchev–Trinajstić information content (AvgIpc) is 2.74. The van der Waals surface area contributed by atoms with Crippen molar-refractivity contribution in [1.29, 1.82) is 0 Å². The normalized spacial score (nSPS) is 10.5. The highest BCUT2D eigenvalue weighted by Gasteiger charge is 2.10. The Kier molecular flexibility index (Phi) is 3.53. The van der Waals surface area contributed by atoms with Gasteiger partial charge in [0.25, 0.3) is 5.91 Å². The number of rotatable bonds is 4. The van der Waals surface area contributed by atoms with Gasteiger partial charge in [-0.3, -0.25) is 9.59 Å². The maximum Gasteiger partial charge on any atom is 0.305 e. The molecule has 6 heteroatoms. The van der Waals surface area contributed by atoms with E-state index >= 15 is 0 Å². The van der Waals surface area contributed by atoms with Gasteiger partial charge in [0, 0.05) is 11.9 Å². The summed E-state index contributed by atoms with van der Waals surface area (Å²) in [5.74, 6) is -1.29. The summed E-state index contributed by atoms with van der Waals surface area (Å²) in [6.07, 6.45) is -0.104. The van der Waals surface area contributed by atoms with E-state index in [0.29, 0.717) is 16.2 Å². The third-order valence-electron chi connectivity index (χ3n) is 2.47. The van der Waals surface area contributed by atoms with E-state index in [1.807, 2.05) is 6.07 Å². The lowest BCUT2D eigenvalue weighted by atomic mass is 10.2. The molecule has 0 spiro atoms. The van der Waals surface area contributed by atoms with Crippen LogP contribution in [0, 0.1) is 0 Å². The minimum atomic E-state index is -0.949. The second-order valence-electron chi connectivity index (χ2n) is 3.79. The Labute approximate surface area is 108 Å². The fraction of sp³-hybridized carbons (Fsp3) is 0.167. The Morgan fingerprint density at radius 1 is 1.39 bits per heavy atom. The first-order valence-corrected chi connectivity index (χ1v) is 5.73. The number of carbonyl (C=O) groups is 2. The number of benzene rings is 1. The van der Waals surface area contributed by atoms with Gasteiger partial charge in [-0.2, -0.15) is 0 Å². The lowest BCUT2D eigenvalue weighted by molar-refractivity contribution is -0.136. The Hall–Kier alpha value is -2.01. The first-order valence-electron chi connectivity index (χ1n) is 5.35. The Balaban J connectivity index is 2.13. The van der Waals surface area contributed by atoms with Crippen molar-refractivity contribution in [3.63, 3.8) is 0 Å². The highest BCUT2D eigenvalue weighted by molar-refractivity contribution is 6.35. The number of hydrogen-bond donors (Lipinski definition) is 3. The topological polar surface area (TPSA) is 82.2 Å². The molecule has 1 aromatic heterocycles. The molecule has 3 N–H and O–H groups in total. The SMILES string of the molecule is O=C(O)CCNC(=O)c1cc2cccc(Cl)c2[nH]1. The zero-order chi connectivity index (χ0) is 13.1. The van der Waals surface area contributed by atoms with E-state index in [1.54, 1.807) is 18.2 Å². The molecule has 0 radical (unpaired) electrons. The van der Waals surface area contributed by atoms with E-state index in [9.17, 15) is 9.59 Å². The quantitative estimate of drug-likeness (QED) is 0.792. The van der Waals surface area contributed by atoms with Crippen LogP contribution in [0.3, 0.4) is 0 Å². The van der Waals surface area contributed by atoms with Crippen molar-refractivity contribution in [2.24, 2.45) is 0 Å². The minimum absolute atomic E-state index is 0.0945. The molecule has 0 atom stereocenters. The van der Waals surface area contributed by atoms with Crippen molar-refractivity contribution in [3.8, 4) is 0 Å². The van der Waals surface area contributed by atoms with Gasteiger partial charge < -0.3 is 15.4 Å². The van der Waals surface area contributed by atoms with Gasteiger partial charge in [-0.15, -0.1) is 0 Å². The monoisotopic (exact) mass is 266 g/mol. The number of para-hydroxylation sites is 1. The molecule has 0 bridgehead atoms. The second-order valence-corrected chi connectivity index (χ2v) is 4.19. The number of aliphatic carboxylic acids is 1. The van der Waals surface area contributed by atoms with Gasteiger partial charge in [0.15, 0.2) is 0 Å². The molecule has 1 amide bonds.